The summed E-state index contributed by atoms with van der Waals surface area (Å²) in [5, 5.41) is 3.36. The number of nitrogens with one attached hydrogen (secondary N) is 1. The molecule has 40 heavy (non-hydrogen) atoms. The molecular weight excluding hydrogens is 543 g/mol. The number of ether oxygens (including phenoxy) is 1. The lowest BCUT2D eigenvalue weighted by molar-refractivity contribution is -0.152. The van der Waals surface area contributed by atoms with Gasteiger partial charge >= 0.3 is 5.97 Å². The molecule has 3 aliphatic carbocycles. The van der Waals surface area contributed by atoms with Gasteiger partial charge < -0.3 is 15.0 Å². The van der Waals surface area contributed by atoms with Gasteiger partial charge in [0.05, 0.1) is 0 Å². The Morgan fingerprint density at radius 1 is 1.05 bits per heavy atom. The van der Waals surface area contributed by atoms with E-state index in [1.165, 1.54) is 17.6 Å². The minimum atomic E-state index is -0.0683. The van der Waals surface area contributed by atoms with Gasteiger partial charge in [-0.1, -0.05) is 30.7 Å². The number of amides is 1. The number of halogens is 2. The van der Waals surface area contributed by atoms with E-state index in [1.54, 1.807) is 0 Å². The largest absolute Gasteiger partial charge is 0.462 e. The monoisotopic (exact) mass is 588 g/mol. The van der Waals surface area contributed by atoms with E-state index in [9.17, 15) is 9.59 Å². The third-order valence-corrected chi connectivity index (χ3v) is 11.0. The summed E-state index contributed by atoms with van der Waals surface area (Å²) in [6.07, 6.45) is 12.5. The lowest BCUT2D eigenvalue weighted by Gasteiger charge is -2.59. The number of piperidine rings is 1. The molecule has 1 aliphatic heterocycles. The Morgan fingerprint density at radius 3 is 2.52 bits per heavy atom. The number of esters is 1. The van der Waals surface area contributed by atoms with Crippen molar-refractivity contribution in [1.82, 2.24) is 5.32 Å². The predicted molar refractivity (Wildman–Crippen MR) is 163 cm³/mol. The fourth-order valence-corrected chi connectivity index (χ4v) is 8.94. The van der Waals surface area contributed by atoms with E-state index in [4.69, 9.17) is 27.9 Å². The van der Waals surface area contributed by atoms with Gasteiger partial charge in [0.1, 0.15) is 6.10 Å². The summed E-state index contributed by atoms with van der Waals surface area (Å²) >= 11 is 11.9. The van der Waals surface area contributed by atoms with Crippen LogP contribution < -0.4 is 10.2 Å². The topological polar surface area (TPSA) is 58.6 Å². The Balaban J connectivity index is 1.11. The SMILES string of the molecule is C[C@]12CCC(OC(=O)CCCc3ccc(N(CCCl)CCCl)cc3)CC1=CC[C@@H]1[C@@H]2CC[C@]2(C)NC(=O)CC[C@@H]12. The molecule has 3 fully saturated rings. The average Bonchev–Trinajstić information content (AvgIpc) is 2.93. The molecule has 1 unspecified atom stereocenters. The van der Waals surface area contributed by atoms with Crippen molar-refractivity contribution in [2.75, 3.05) is 29.7 Å². The molecule has 4 aliphatic rings. The number of carbonyl (C=O) groups is 2. The predicted octanol–water partition coefficient (Wildman–Crippen LogP) is 7.04. The number of carbonyl (C=O) groups excluding carboxylic acids is 2. The lowest BCUT2D eigenvalue weighted by atomic mass is 9.48. The van der Waals surface area contributed by atoms with Gasteiger partial charge in [0.15, 0.2) is 0 Å². The van der Waals surface area contributed by atoms with Crippen molar-refractivity contribution in [2.45, 2.75) is 96.1 Å². The standard InChI is InChI=1S/C33H46Cl2N2O3/c1-32-16-14-26(22-24(32)8-11-27-28(32)15-17-33(2)29(27)12-13-30(38)36-33)40-31(39)5-3-4-23-6-9-25(10-7-23)37(20-18-34)21-19-35/h6-10,26-29H,3-5,11-22H2,1-2H3,(H,36,38)/t26?,27-,28+,29+,32+,33+/m1/s1. The maximum atomic E-state index is 12.8. The van der Waals surface area contributed by atoms with E-state index in [0.717, 1.165) is 70.1 Å². The van der Waals surface area contributed by atoms with E-state index in [2.05, 4.69) is 54.4 Å². The second-order valence-corrected chi connectivity index (χ2v) is 13.8. The first kappa shape index (κ1) is 29.8. The van der Waals surface area contributed by atoms with Crippen LogP contribution in [0.25, 0.3) is 0 Å². The highest BCUT2D eigenvalue weighted by molar-refractivity contribution is 6.18. The minimum absolute atomic E-state index is 0.000308. The molecule has 0 bridgehead atoms. The Labute approximate surface area is 250 Å². The molecule has 5 nitrogen and oxygen atoms in total. The van der Waals surface area contributed by atoms with Crippen LogP contribution in [0.3, 0.4) is 0 Å². The highest BCUT2D eigenvalue weighted by Gasteiger charge is 2.56. The lowest BCUT2D eigenvalue weighted by Crippen LogP contribution is -2.62. The van der Waals surface area contributed by atoms with Crippen LogP contribution in [0, 0.1) is 23.2 Å². The van der Waals surface area contributed by atoms with Gasteiger partial charge in [-0.2, -0.15) is 0 Å². The van der Waals surface area contributed by atoms with Gasteiger partial charge in [-0.25, -0.2) is 0 Å². The molecule has 0 spiro atoms. The fraction of sp³-hybridized carbons (Fsp3) is 0.697. The molecule has 0 aromatic heterocycles. The zero-order valence-electron chi connectivity index (χ0n) is 24.2. The number of fused-ring (bicyclic) bond motifs is 5. The molecule has 1 heterocycles. The van der Waals surface area contributed by atoms with Crippen LogP contribution in [0.2, 0.25) is 0 Å². The van der Waals surface area contributed by atoms with Crippen molar-refractivity contribution in [2.24, 2.45) is 23.2 Å². The van der Waals surface area contributed by atoms with Crippen LogP contribution in [0.5, 0.6) is 0 Å². The summed E-state index contributed by atoms with van der Waals surface area (Å²) in [5.41, 5.74) is 4.03. The van der Waals surface area contributed by atoms with E-state index in [1.807, 2.05) is 0 Å². The van der Waals surface area contributed by atoms with Crippen LogP contribution in [0.4, 0.5) is 5.69 Å². The molecule has 1 aromatic carbocycles. The van der Waals surface area contributed by atoms with E-state index in [0.29, 0.717) is 42.4 Å². The van der Waals surface area contributed by atoms with Crippen LogP contribution in [-0.2, 0) is 20.7 Å². The smallest absolute Gasteiger partial charge is 0.306 e. The number of allylic oxidation sites excluding steroid dienone is 1. The summed E-state index contributed by atoms with van der Waals surface area (Å²) in [6.45, 7) is 6.29. The Bertz CT molecular complexity index is 1090. The zero-order chi connectivity index (χ0) is 28.3. The Kier molecular flexibility index (Phi) is 9.41. The highest BCUT2D eigenvalue weighted by Crippen LogP contribution is 2.60. The molecule has 1 saturated heterocycles. The fourth-order valence-electron chi connectivity index (χ4n) is 8.53. The van der Waals surface area contributed by atoms with Crippen molar-refractivity contribution < 1.29 is 14.3 Å². The summed E-state index contributed by atoms with van der Waals surface area (Å²) in [5.74, 6) is 3.18. The molecule has 6 atom stereocenters. The van der Waals surface area contributed by atoms with Gasteiger partial charge in [-0.3, -0.25) is 9.59 Å². The van der Waals surface area contributed by atoms with Gasteiger partial charge in [0.25, 0.3) is 0 Å². The van der Waals surface area contributed by atoms with Gasteiger partial charge in [0.2, 0.25) is 5.91 Å². The van der Waals surface area contributed by atoms with Crippen LogP contribution >= 0.6 is 23.2 Å². The Morgan fingerprint density at radius 2 is 1.80 bits per heavy atom. The first-order valence-electron chi connectivity index (χ1n) is 15.4. The molecule has 1 N–H and O–H groups in total. The molecular formula is C33H46Cl2N2O3. The minimum Gasteiger partial charge on any atom is -0.462 e. The number of nitrogens with zero attached hydrogens (tertiary/aromatic N) is 1. The van der Waals surface area contributed by atoms with Crippen LogP contribution in [0.1, 0.15) is 83.6 Å². The zero-order valence-corrected chi connectivity index (χ0v) is 25.7. The number of hydrogen-bond donors (Lipinski definition) is 1. The summed E-state index contributed by atoms with van der Waals surface area (Å²) in [4.78, 5) is 27.1. The highest BCUT2D eigenvalue weighted by atomic mass is 35.5. The van der Waals surface area contributed by atoms with Gasteiger partial charge in [-0.05, 0) is 99.2 Å². The van der Waals surface area contributed by atoms with E-state index in [-0.39, 0.29) is 28.9 Å². The maximum absolute atomic E-state index is 12.8. The van der Waals surface area contributed by atoms with Gasteiger partial charge in [0, 0.05) is 55.3 Å². The van der Waals surface area contributed by atoms with Crippen molar-refractivity contribution in [3.63, 3.8) is 0 Å². The van der Waals surface area contributed by atoms with Crippen molar-refractivity contribution in [1.29, 1.82) is 0 Å². The van der Waals surface area contributed by atoms with Crippen molar-refractivity contribution >= 4 is 40.8 Å². The molecule has 7 heteroatoms. The van der Waals surface area contributed by atoms with Crippen molar-refractivity contribution in [3.05, 3.63) is 41.5 Å². The molecule has 1 amide bonds. The van der Waals surface area contributed by atoms with Crippen molar-refractivity contribution in [3.8, 4) is 0 Å². The summed E-state index contributed by atoms with van der Waals surface area (Å²) < 4.78 is 6.02. The van der Waals surface area contributed by atoms with Crippen LogP contribution in [0.15, 0.2) is 35.9 Å². The first-order valence-corrected chi connectivity index (χ1v) is 16.5. The molecule has 5 rings (SSSR count). The van der Waals surface area contributed by atoms with Crippen LogP contribution in [-0.4, -0.2) is 48.4 Å². The maximum Gasteiger partial charge on any atom is 0.306 e. The third kappa shape index (κ3) is 6.21. The first-order chi connectivity index (χ1) is 19.3. The quantitative estimate of drug-likeness (QED) is 0.181. The summed E-state index contributed by atoms with van der Waals surface area (Å²) in [7, 11) is 0. The molecule has 0 radical (unpaired) electrons. The number of alkyl halides is 2. The number of hydrogen-bond acceptors (Lipinski definition) is 4. The molecule has 2 saturated carbocycles. The molecule has 220 valence electrons. The number of benzene rings is 1. The summed E-state index contributed by atoms with van der Waals surface area (Å²) in [6, 6.07) is 8.50. The second kappa shape index (κ2) is 12.7. The number of anilines is 1. The second-order valence-electron chi connectivity index (χ2n) is 13.0. The van der Waals surface area contributed by atoms with E-state index < -0.39 is 0 Å². The third-order valence-electron chi connectivity index (χ3n) is 10.7. The Hall–Kier alpha value is -1.72. The van der Waals surface area contributed by atoms with E-state index >= 15 is 0 Å². The number of aryl methyl sites for hydroxylation is 1. The number of rotatable bonds is 10. The average molecular weight is 590 g/mol. The normalized spacial score (nSPS) is 33.1. The van der Waals surface area contributed by atoms with Gasteiger partial charge in [-0.15, -0.1) is 23.2 Å². The molecule has 1 aromatic rings.